The number of ether oxygens (including phenoxy) is 2. The minimum Gasteiger partial charge on any atom is -0.490 e. The van der Waals surface area contributed by atoms with Gasteiger partial charge in [-0.3, -0.25) is 4.99 Å². The van der Waals surface area contributed by atoms with E-state index in [1.807, 2.05) is 13.0 Å². The lowest BCUT2D eigenvalue weighted by Gasteiger charge is -2.42. The molecule has 0 amide bonds. The molecule has 1 unspecified atom stereocenters. The Morgan fingerprint density at radius 1 is 1.36 bits per heavy atom. The van der Waals surface area contributed by atoms with Crippen molar-refractivity contribution < 1.29 is 13.9 Å². The first-order valence-corrected chi connectivity index (χ1v) is 10.4. The summed E-state index contributed by atoms with van der Waals surface area (Å²) >= 11 is 0. The number of hydrogen-bond acceptors (Lipinski definition) is 3. The quantitative estimate of drug-likeness (QED) is 0.467. The van der Waals surface area contributed by atoms with Crippen molar-refractivity contribution in [2.45, 2.75) is 51.5 Å². The van der Waals surface area contributed by atoms with Crippen LogP contribution in [0.15, 0.2) is 23.2 Å². The fourth-order valence-corrected chi connectivity index (χ4v) is 3.66. The second-order valence-electron chi connectivity index (χ2n) is 8.33. The molecule has 1 aromatic carbocycles. The molecule has 2 saturated carbocycles. The molecule has 0 aromatic heterocycles. The van der Waals surface area contributed by atoms with Gasteiger partial charge >= 0.3 is 0 Å². The van der Waals surface area contributed by atoms with E-state index in [0.717, 1.165) is 31.1 Å². The molecule has 0 bridgehead atoms. The zero-order valence-electron chi connectivity index (χ0n) is 17.4. The summed E-state index contributed by atoms with van der Waals surface area (Å²) in [7, 11) is 3.52. The number of rotatable bonds is 10. The van der Waals surface area contributed by atoms with Crippen LogP contribution in [-0.2, 0) is 4.74 Å². The van der Waals surface area contributed by atoms with Crippen molar-refractivity contribution in [3.8, 4) is 5.75 Å². The Balaban J connectivity index is 1.51. The summed E-state index contributed by atoms with van der Waals surface area (Å²) in [5.74, 6) is 1.39. The van der Waals surface area contributed by atoms with Crippen molar-refractivity contribution in [3.63, 3.8) is 0 Å². The third-order valence-electron chi connectivity index (χ3n) is 6.09. The summed E-state index contributed by atoms with van der Waals surface area (Å²) in [6.07, 6.45) is 7.19. The molecule has 0 aliphatic heterocycles. The molecule has 0 heterocycles. The number of halogens is 1. The average Bonchev–Trinajstić information content (AvgIpc) is 3.49. The Labute approximate surface area is 168 Å². The highest BCUT2D eigenvalue weighted by atomic mass is 19.1. The van der Waals surface area contributed by atoms with Crippen LogP contribution in [-0.4, -0.2) is 39.9 Å². The predicted molar refractivity (Wildman–Crippen MR) is 110 cm³/mol. The van der Waals surface area contributed by atoms with Gasteiger partial charge in [0.15, 0.2) is 17.5 Å². The molecule has 5 nitrogen and oxygen atoms in total. The zero-order chi connectivity index (χ0) is 20.0. The molecule has 3 rings (SSSR count). The number of nitrogens with one attached hydrogen (secondary N) is 2. The van der Waals surface area contributed by atoms with Crippen molar-refractivity contribution in [2.24, 2.45) is 16.3 Å². The maximum atomic E-state index is 14.4. The van der Waals surface area contributed by atoms with E-state index in [1.54, 1.807) is 26.3 Å². The van der Waals surface area contributed by atoms with Gasteiger partial charge in [-0.15, -0.1) is 0 Å². The van der Waals surface area contributed by atoms with Gasteiger partial charge in [0.1, 0.15) is 0 Å². The summed E-state index contributed by atoms with van der Waals surface area (Å²) in [5.41, 5.74) is 1.18. The summed E-state index contributed by atoms with van der Waals surface area (Å²) in [6, 6.07) is 5.14. The Morgan fingerprint density at radius 3 is 2.71 bits per heavy atom. The summed E-state index contributed by atoms with van der Waals surface area (Å²) in [5, 5.41) is 6.82. The van der Waals surface area contributed by atoms with E-state index >= 15 is 0 Å². The van der Waals surface area contributed by atoms with E-state index in [1.165, 1.54) is 32.1 Å². The Kier molecular flexibility index (Phi) is 7.16. The van der Waals surface area contributed by atoms with E-state index in [9.17, 15) is 4.39 Å². The fraction of sp³-hybridized carbons (Fsp3) is 0.682. The van der Waals surface area contributed by atoms with Crippen LogP contribution in [0.1, 0.15) is 57.1 Å². The molecule has 0 radical (unpaired) electrons. The van der Waals surface area contributed by atoms with Crippen LogP contribution in [0.5, 0.6) is 5.75 Å². The van der Waals surface area contributed by atoms with Gasteiger partial charge < -0.3 is 20.1 Å². The molecular weight excluding hydrogens is 357 g/mol. The largest absolute Gasteiger partial charge is 0.490 e. The van der Waals surface area contributed by atoms with Gasteiger partial charge in [-0.05, 0) is 68.1 Å². The zero-order valence-corrected chi connectivity index (χ0v) is 17.4. The molecule has 2 aliphatic rings. The lowest BCUT2D eigenvalue weighted by atomic mass is 9.67. The molecule has 2 aliphatic carbocycles. The highest BCUT2D eigenvalue weighted by molar-refractivity contribution is 5.80. The van der Waals surface area contributed by atoms with Gasteiger partial charge in [0.05, 0.1) is 12.6 Å². The lowest BCUT2D eigenvalue weighted by molar-refractivity contribution is 0.0732. The predicted octanol–water partition coefficient (Wildman–Crippen LogP) is 4.05. The van der Waals surface area contributed by atoms with Gasteiger partial charge in [-0.1, -0.05) is 12.5 Å². The molecule has 28 heavy (non-hydrogen) atoms. The summed E-state index contributed by atoms with van der Waals surface area (Å²) < 4.78 is 25.2. The van der Waals surface area contributed by atoms with Crippen molar-refractivity contribution in [2.75, 3.05) is 33.9 Å². The average molecular weight is 392 g/mol. The summed E-state index contributed by atoms with van der Waals surface area (Å²) in [4.78, 5) is 4.34. The first kappa shape index (κ1) is 20.9. The molecular formula is C22H34FN3O2. The van der Waals surface area contributed by atoms with E-state index in [4.69, 9.17) is 9.47 Å². The van der Waals surface area contributed by atoms with Gasteiger partial charge in [0.25, 0.3) is 0 Å². The molecule has 1 aromatic rings. The normalized spacial score (nSPS) is 19.6. The third kappa shape index (κ3) is 5.60. The minimum absolute atomic E-state index is 0.0607. The third-order valence-corrected chi connectivity index (χ3v) is 6.09. The topological polar surface area (TPSA) is 54.9 Å². The first-order chi connectivity index (χ1) is 13.5. The first-order valence-electron chi connectivity index (χ1n) is 10.4. The van der Waals surface area contributed by atoms with E-state index in [2.05, 4.69) is 15.6 Å². The SMILES string of the molecule is CN=C(NCC1(CCOC)CCC1)NC(C)c1ccc(OCC2CC2)c(F)c1. The van der Waals surface area contributed by atoms with E-state index < -0.39 is 0 Å². The van der Waals surface area contributed by atoms with Crippen LogP contribution in [0.3, 0.4) is 0 Å². The van der Waals surface area contributed by atoms with Crippen molar-refractivity contribution in [1.82, 2.24) is 10.6 Å². The lowest BCUT2D eigenvalue weighted by Crippen LogP contribution is -2.47. The molecule has 2 N–H and O–H groups in total. The molecule has 0 spiro atoms. The second kappa shape index (κ2) is 9.59. The van der Waals surface area contributed by atoms with Crippen LogP contribution >= 0.6 is 0 Å². The number of nitrogens with zero attached hydrogens (tertiary/aromatic N) is 1. The number of aliphatic imine (C=N–C) groups is 1. The highest BCUT2D eigenvalue weighted by Crippen LogP contribution is 2.43. The van der Waals surface area contributed by atoms with Crippen molar-refractivity contribution >= 4 is 5.96 Å². The van der Waals surface area contributed by atoms with Gasteiger partial charge in [-0.2, -0.15) is 0 Å². The molecule has 156 valence electrons. The Bertz CT molecular complexity index is 672. The van der Waals surface area contributed by atoms with Crippen molar-refractivity contribution in [1.29, 1.82) is 0 Å². The van der Waals surface area contributed by atoms with Gasteiger partial charge in [0, 0.05) is 27.3 Å². The number of hydrogen-bond donors (Lipinski definition) is 2. The highest BCUT2D eigenvalue weighted by Gasteiger charge is 2.36. The summed E-state index contributed by atoms with van der Waals surface area (Å²) in [6.45, 7) is 4.30. The maximum absolute atomic E-state index is 14.4. The maximum Gasteiger partial charge on any atom is 0.191 e. The molecule has 6 heteroatoms. The molecule has 2 fully saturated rings. The minimum atomic E-state index is -0.303. The monoisotopic (exact) mass is 391 g/mol. The Hall–Kier alpha value is -1.82. The smallest absolute Gasteiger partial charge is 0.191 e. The molecule has 0 saturated heterocycles. The Morgan fingerprint density at radius 2 is 2.14 bits per heavy atom. The second-order valence-corrected chi connectivity index (χ2v) is 8.33. The standard InChI is InChI=1S/C22H34FN3O2/c1-16(18-7-8-20(19(23)13-18)28-14-17-5-6-17)26-21(24-2)25-15-22(9-4-10-22)11-12-27-3/h7-8,13,16-17H,4-6,9-12,14-15H2,1-3H3,(H2,24,25,26). The van der Waals surface area contributed by atoms with Crippen LogP contribution in [0.4, 0.5) is 4.39 Å². The van der Waals surface area contributed by atoms with E-state index in [-0.39, 0.29) is 11.9 Å². The molecule has 1 atom stereocenters. The van der Waals surface area contributed by atoms with Crippen LogP contribution < -0.4 is 15.4 Å². The fourth-order valence-electron chi connectivity index (χ4n) is 3.66. The van der Waals surface area contributed by atoms with Gasteiger partial charge in [0.2, 0.25) is 0 Å². The van der Waals surface area contributed by atoms with Crippen LogP contribution in [0.2, 0.25) is 0 Å². The van der Waals surface area contributed by atoms with Crippen LogP contribution in [0.25, 0.3) is 0 Å². The number of benzene rings is 1. The number of methoxy groups -OCH3 is 1. The van der Waals surface area contributed by atoms with Crippen molar-refractivity contribution in [3.05, 3.63) is 29.6 Å². The number of guanidine groups is 1. The van der Waals surface area contributed by atoms with E-state index in [0.29, 0.717) is 23.7 Å². The van der Waals surface area contributed by atoms with Gasteiger partial charge in [-0.25, -0.2) is 4.39 Å². The van der Waals surface area contributed by atoms with Crippen LogP contribution in [0, 0.1) is 17.2 Å².